The summed E-state index contributed by atoms with van der Waals surface area (Å²) in [6.07, 6.45) is 2.54. The number of hydrogen-bond acceptors (Lipinski definition) is 4. The van der Waals surface area contributed by atoms with Crippen LogP contribution in [0.3, 0.4) is 0 Å². The normalized spacial score (nSPS) is 19.4. The van der Waals surface area contributed by atoms with Gasteiger partial charge in [-0.05, 0) is 12.1 Å². The van der Waals surface area contributed by atoms with Crippen LogP contribution in [0.5, 0.6) is 0 Å². The highest BCUT2D eigenvalue weighted by Crippen LogP contribution is 2.10. The zero-order valence-electron chi connectivity index (χ0n) is 10.1. The number of rotatable bonds is 2. The summed E-state index contributed by atoms with van der Waals surface area (Å²) < 4.78 is 5.33. The van der Waals surface area contributed by atoms with E-state index in [1.54, 1.807) is 30.3 Å². The molecule has 1 fully saturated rings. The second kappa shape index (κ2) is 5.59. The molecule has 2 heterocycles. The third-order valence-corrected chi connectivity index (χ3v) is 2.80. The van der Waals surface area contributed by atoms with Gasteiger partial charge in [-0.25, -0.2) is 0 Å². The maximum Gasteiger partial charge on any atom is 0.255 e. The third-order valence-electron chi connectivity index (χ3n) is 2.80. The molecule has 6 nitrogen and oxygen atoms in total. The summed E-state index contributed by atoms with van der Waals surface area (Å²) in [5.41, 5.74) is 0.523. The molecule has 1 atom stereocenters. The van der Waals surface area contributed by atoms with Crippen LogP contribution in [-0.4, -0.2) is 54.5 Å². The van der Waals surface area contributed by atoms with Crippen molar-refractivity contribution in [2.75, 3.05) is 26.7 Å². The Morgan fingerprint density at radius 2 is 2.39 bits per heavy atom. The lowest BCUT2D eigenvalue weighted by Gasteiger charge is -2.31. The molecule has 1 saturated heterocycles. The van der Waals surface area contributed by atoms with Gasteiger partial charge in [-0.15, -0.1) is 0 Å². The monoisotopic (exact) mass is 249 g/mol. The van der Waals surface area contributed by atoms with Crippen molar-refractivity contribution >= 4 is 11.8 Å². The van der Waals surface area contributed by atoms with Gasteiger partial charge in [0.15, 0.2) is 6.10 Å². The molecule has 18 heavy (non-hydrogen) atoms. The van der Waals surface area contributed by atoms with E-state index in [0.29, 0.717) is 18.7 Å². The molecule has 0 radical (unpaired) electrons. The zero-order valence-corrected chi connectivity index (χ0v) is 10.1. The predicted molar refractivity (Wildman–Crippen MR) is 63.9 cm³/mol. The Labute approximate surface area is 105 Å². The van der Waals surface area contributed by atoms with Gasteiger partial charge < -0.3 is 15.0 Å². The minimum Gasteiger partial charge on any atom is -0.365 e. The van der Waals surface area contributed by atoms with Crippen LogP contribution in [0.4, 0.5) is 0 Å². The van der Waals surface area contributed by atoms with E-state index in [9.17, 15) is 9.59 Å². The number of aromatic nitrogens is 1. The minimum absolute atomic E-state index is 0.125. The smallest absolute Gasteiger partial charge is 0.255 e. The van der Waals surface area contributed by atoms with E-state index in [1.165, 1.54) is 6.20 Å². The van der Waals surface area contributed by atoms with E-state index in [1.807, 2.05) is 0 Å². The Kier molecular flexibility index (Phi) is 3.88. The lowest BCUT2D eigenvalue weighted by molar-refractivity contribution is -0.136. The first-order valence-corrected chi connectivity index (χ1v) is 5.75. The molecule has 1 aromatic heterocycles. The first kappa shape index (κ1) is 12.5. The van der Waals surface area contributed by atoms with Crippen molar-refractivity contribution in [2.24, 2.45) is 0 Å². The number of carbonyl (C=O) groups is 2. The van der Waals surface area contributed by atoms with Gasteiger partial charge in [0.2, 0.25) is 0 Å². The molecule has 2 amide bonds. The average molecular weight is 249 g/mol. The number of carbonyl (C=O) groups excluding carboxylic acids is 2. The topological polar surface area (TPSA) is 71.5 Å². The molecule has 1 aliphatic heterocycles. The number of morpholine rings is 1. The van der Waals surface area contributed by atoms with Gasteiger partial charge in [0.1, 0.15) is 0 Å². The second-order valence-corrected chi connectivity index (χ2v) is 3.97. The fraction of sp³-hybridized carbons (Fsp3) is 0.417. The fourth-order valence-corrected chi connectivity index (χ4v) is 1.83. The molecule has 1 aromatic rings. The largest absolute Gasteiger partial charge is 0.365 e. The molecule has 0 aromatic carbocycles. The van der Waals surface area contributed by atoms with E-state index in [2.05, 4.69) is 10.3 Å². The molecule has 0 unspecified atom stereocenters. The molecule has 1 aliphatic rings. The van der Waals surface area contributed by atoms with E-state index in [0.717, 1.165) is 0 Å². The summed E-state index contributed by atoms with van der Waals surface area (Å²) in [6.45, 7) is 1.12. The van der Waals surface area contributed by atoms with Crippen LogP contribution >= 0.6 is 0 Å². The van der Waals surface area contributed by atoms with Crippen LogP contribution in [-0.2, 0) is 9.53 Å². The zero-order chi connectivity index (χ0) is 13.0. The van der Waals surface area contributed by atoms with Crippen LogP contribution in [0.2, 0.25) is 0 Å². The first-order valence-electron chi connectivity index (χ1n) is 5.75. The van der Waals surface area contributed by atoms with Crippen LogP contribution < -0.4 is 5.32 Å². The summed E-state index contributed by atoms with van der Waals surface area (Å²) in [5, 5.41) is 2.52. The van der Waals surface area contributed by atoms with Crippen molar-refractivity contribution in [1.82, 2.24) is 15.2 Å². The first-order chi connectivity index (χ1) is 8.72. The number of nitrogens with one attached hydrogen (secondary N) is 1. The van der Waals surface area contributed by atoms with Gasteiger partial charge in [-0.1, -0.05) is 0 Å². The van der Waals surface area contributed by atoms with E-state index < -0.39 is 6.10 Å². The molecule has 0 bridgehead atoms. The fourth-order valence-electron chi connectivity index (χ4n) is 1.83. The molecular formula is C12H15N3O3. The lowest BCUT2D eigenvalue weighted by Crippen LogP contribution is -2.51. The van der Waals surface area contributed by atoms with E-state index >= 15 is 0 Å². The standard InChI is InChI=1S/C12H15N3O3/c1-13-11(16)10-8-15(5-6-18-10)12(17)9-3-2-4-14-7-9/h2-4,7,10H,5-6,8H2,1H3,(H,13,16)/t10-/m0/s1. The second-order valence-electron chi connectivity index (χ2n) is 3.97. The van der Waals surface area contributed by atoms with Crippen LogP contribution in [0.1, 0.15) is 10.4 Å². The van der Waals surface area contributed by atoms with Gasteiger partial charge >= 0.3 is 0 Å². The number of ether oxygens (including phenoxy) is 1. The summed E-state index contributed by atoms with van der Waals surface area (Å²) >= 11 is 0. The molecule has 2 rings (SSSR count). The van der Waals surface area contributed by atoms with Crippen molar-refractivity contribution < 1.29 is 14.3 Å². The van der Waals surface area contributed by atoms with Crippen molar-refractivity contribution in [2.45, 2.75) is 6.10 Å². The van der Waals surface area contributed by atoms with Gasteiger partial charge in [0, 0.05) is 26.0 Å². The Balaban J connectivity index is 2.05. The number of likely N-dealkylation sites (N-methyl/N-ethyl adjacent to an activating group) is 1. The van der Waals surface area contributed by atoms with E-state index in [-0.39, 0.29) is 18.4 Å². The number of hydrogen-bond donors (Lipinski definition) is 1. The Hall–Kier alpha value is -1.95. The Morgan fingerprint density at radius 3 is 3.06 bits per heavy atom. The maximum atomic E-state index is 12.2. The number of amides is 2. The minimum atomic E-state index is -0.593. The predicted octanol–water partition coefficient (Wildman–Crippen LogP) is -0.331. The third kappa shape index (κ3) is 2.65. The van der Waals surface area contributed by atoms with Crippen molar-refractivity contribution in [3.63, 3.8) is 0 Å². The van der Waals surface area contributed by atoms with Crippen molar-refractivity contribution in [1.29, 1.82) is 0 Å². The molecule has 1 N–H and O–H groups in total. The Bertz CT molecular complexity index is 435. The number of pyridine rings is 1. The molecule has 0 spiro atoms. The SMILES string of the molecule is CNC(=O)[C@@H]1CN(C(=O)c2cccnc2)CCO1. The van der Waals surface area contributed by atoms with Crippen LogP contribution in [0.25, 0.3) is 0 Å². The van der Waals surface area contributed by atoms with Crippen LogP contribution in [0, 0.1) is 0 Å². The highest BCUT2D eigenvalue weighted by atomic mass is 16.5. The van der Waals surface area contributed by atoms with Crippen LogP contribution in [0.15, 0.2) is 24.5 Å². The molecule has 0 aliphatic carbocycles. The van der Waals surface area contributed by atoms with E-state index in [4.69, 9.17) is 4.74 Å². The van der Waals surface area contributed by atoms with Gasteiger partial charge in [-0.2, -0.15) is 0 Å². The quantitative estimate of drug-likeness (QED) is 0.779. The summed E-state index contributed by atoms with van der Waals surface area (Å²) in [6, 6.07) is 3.42. The number of nitrogens with zero attached hydrogens (tertiary/aromatic N) is 2. The maximum absolute atomic E-state index is 12.2. The summed E-state index contributed by atoms with van der Waals surface area (Å²) in [7, 11) is 1.55. The highest BCUT2D eigenvalue weighted by molar-refractivity contribution is 5.94. The van der Waals surface area contributed by atoms with Crippen molar-refractivity contribution in [3.8, 4) is 0 Å². The van der Waals surface area contributed by atoms with Crippen molar-refractivity contribution in [3.05, 3.63) is 30.1 Å². The molecule has 0 saturated carbocycles. The van der Waals surface area contributed by atoms with Gasteiger partial charge in [-0.3, -0.25) is 14.6 Å². The summed E-state index contributed by atoms with van der Waals surface area (Å²) in [5.74, 6) is -0.334. The lowest BCUT2D eigenvalue weighted by atomic mass is 10.2. The summed E-state index contributed by atoms with van der Waals surface area (Å²) in [4.78, 5) is 29.2. The van der Waals surface area contributed by atoms with Gasteiger partial charge in [0.05, 0.1) is 18.7 Å². The molecule has 6 heteroatoms. The Morgan fingerprint density at radius 1 is 1.56 bits per heavy atom. The highest BCUT2D eigenvalue weighted by Gasteiger charge is 2.29. The molecular weight excluding hydrogens is 234 g/mol. The van der Waals surface area contributed by atoms with Gasteiger partial charge in [0.25, 0.3) is 11.8 Å². The average Bonchev–Trinajstić information content (AvgIpc) is 2.46. The molecule has 96 valence electrons.